The van der Waals surface area contributed by atoms with Gasteiger partial charge in [0.05, 0.1) is 6.26 Å². The summed E-state index contributed by atoms with van der Waals surface area (Å²) in [4.78, 5) is 20.8. The summed E-state index contributed by atoms with van der Waals surface area (Å²) in [7, 11) is 0. The first kappa shape index (κ1) is 16.5. The summed E-state index contributed by atoms with van der Waals surface area (Å²) < 4.78 is 7.41. The number of carbonyl (C=O) groups excluding carboxylic acids is 1. The number of hydrogen-bond donors (Lipinski definition) is 0. The van der Waals surface area contributed by atoms with Gasteiger partial charge in [-0.1, -0.05) is 6.92 Å². The summed E-state index contributed by atoms with van der Waals surface area (Å²) in [6.45, 7) is 7.44. The van der Waals surface area contributed by atoms with Crippen LogP contribution in [-0.4, -0.2) is 58.0 Å². The van der Waals surface area contributed by atoms with Crippen molar-refractivity contribution in [1.82, 2.24) is 19.4 Å². The van der Waals surface area contributed by atoms with Gasteiger partial charge in [0.25, 0.3) is 0 Å². The van der Waals surface area contributed by atoms with Gasteiger partial charge in [0, 0.05) is 64.2 Å². The quantitative estimate of drug-likeness (QED) is 0.760. The van der Waals surface area contributed by atoms with Crippen molar-refractivity contribution >= 4 is 12.0 Å². The normalized spacial score (nSPS) is 16.1. The predicted octanol–water partition coefficient (Wildman–Crippen LogP) is 1.90. The van der Waals surface area contributed by atoms with Crippen molar-refractivity contribution in [2.75, 3.05) is 32.7 Å². The number of furan rings is 1. The van der Waals surface area contributed by atoms with E-state index in [9.17, 15) is 4.79 Å². The summed E-state index contributed by atoms with van der Waals surface area (Å²) in [6, 6.07) is 3.65. The minimum absolute atomic E-state index is 0.0499. The second kappa shape index (κ2) is 7.97. The molecule has 0 radical (unpaired) electrons. The first-order chi connectivity index (χ1) is 11.8. The lowest BCUT2D eigenvalue weighted by Gasteiger charge is -2.34. The van der Waals surface area contributed by atoms with E-state index in [1.807, 2.05) is 29.4 Å². The molecule has 0 N–H and O–H groups in total. The van der Waals surface area contributed by atoms with Crippen molar-refractivity contribution in [3.05, 3.63) is 48.5 Å². The van der Waals surface area contributed by atoms with Gasteiger partial charge in [-0.25, -0.2) is 4.98 Å². The monoisotopic (exact) mass is 328 g/mol. The van der Waals surface area contributed by atoms with Crippen LogP contribution in [0.3, 0.4) is 0 Å². The fourth-order valence-electron chi connectivity index (χ4n) is 2.94. The lowest BCUT2D eigenvalue weighted by molar-refractivity contribution is -0.127. The molecule has 3 rings (SSSR count). The van der Waals surface area contributed by atoms with Gasteiger partial charge in [-0.3, -0.25) is 9.69 Å². The number of amides is 1. The van der Waals surface area contributed by atoms with Crippen LogP contribution >= 0.6 is 0 Å². The number of aryl methyl sites for hydroxylation is 1. The standard InChI is InChI=1S/C18H24N4O2/c1-2-17-19-7-8-21(17)12-9-20-10-13-22(14-11-20)18(23)6-5-16-4-3-15-24-16/h3-8,15H,2,9-14H2,1H3/b6-5+. The number of carbonyl (C=O) groups is 1. The molecule has 0 saturated carbocycles. The van der Waals surface area contributed by atoms with E-state index in [4.69, 9.17) is 4.42 Å². The highest BCUT2D eigenvalue weighted by atomic mass is 16.3. The zero-order valence-corrected chi connectivity index (χ0v) is 14.1. The van der Waals surface area contributed by atoms with Gasteiger partial charge in [-0.05, 0) is 18.2 Å². The number of nitrogens with zero attached hydrogens (tertiary/aromatic N) is 4. The maximum absolute atomic E-state index is 12.2. The first-order valence-electron chi connectivity index (χ1n) is 8.49. The molecule has 0 unspecified atom stereocenters. The van der Waals surface area contributed by atoms with Gasteiger partial charge in [-0.15, -0.1) is 0 Å². The van der Waals surface area contributed by atoms with E-state index in [0.29, 0.717) is 5.76 Å². The van der Waals surface area contributed by atoms with Gasteiger partial charge < -0.3 is 13.9 Å². The Hall–Kier alpha value is -2.34. The molecule has 0 aliphatic carbocycles. The molecule has 0 spiro atoms. The molecule has 0 bridgehead atoms. The molecule has 24 heavy (non-hydrogen) atoms. The number of aromatic nitrogens is 2. The minimum Gasteiger partial charge on any atom is -0.465 e. The Balaban J connectivity index is 1.43. The lowest BCUT2D eigenvalue weighted by Crippen LogP contribution is -2.48. The van der Waals surface area contributed by atoms with E-state index < -0.39 is 0 Å². The van der Waals surface area contributed by atoms with Gasteiger partial charge in [-0.2, -0.15) is 0 Å². The molecule has 2 aromatic heterocycles. The topological polar surface area (TPSA) is 54.5 Å². The zero-order chi connectivity index (χ0) is 16.8. The Kier molecular flexibility index (Phi) is 5.48. The molecule has 128 valence electrons. The van der Waals surface area contributed by atoms with Crippen LogP contribution in [0.4, 0.5) is 0 Å². The Bertz CT molecular complexity index is 667. The van der Waals surface area contributed by atoms with Crippen LogP contribution in [0.5, 0.6) is 0 Å². The number of hydrogen-bond acceptors (Lipinski definition) is 4. The van der Waals surface area contributed by atoms with E-state index in [1.165, 1.54) is 0 Å². The van der Waals surface area contributed by atoms with Crippen molar-refractivity contribution in [3.8, 4) is 0 Å². The Labute approximate surface area is 142 Å². The molecular weight excluding hydrogens is 304 g/mol. The second-order valence-corrected chi connectivity index (χ2v) is 5.91. The van der Waals surface area contributed by atoms with Crippen molar-refractivity contribution in [2.45, 2.75) is 19.9 Å². The summed E-state index contributed by atoms with van der Waals surface area (Å²) in [5.74, 6) is 1.88. The van der Waals surface area contributed by atoms with Gasteiger partial charge in [0.1, 0.15) is 11.6 Å². The second-order valence-electron chi connectivity index (χ2n) is 5.91. The molecule has 1 amide bonds. The number of rotatable bonds is 6. The predicted molar refractivity (Wildman–Crippen MR) is 92.4 cm³/mol. The molecule has 3 heterocycles. The SMILES string of the molecule is CCc1nccn1CCN1CCN(C(=O)/C=C/c2ccco2)CC1. The lowest BCUT2D eigenvalue weighted by atomic mass is 10.3. The van der Waals surface area contributed by atoms with Crippen LogP contribution in [0.15, 0.2) is 41.3 Å². The highest BCUT2D eigenvalue weighted by Gasteiger charge is 2.19. The number of piperazine rings is 1. The van der Waals surface area contributed by atoms with Crippen molar-refractivity contribution in [3.63, 3.8) is 0 Å². The van der Waals surface area contributed by atoms with Crippen LogP contribution in [-0.2, 0) is 17.8 Å². The van der Waals surface area contributed by atoms with Crippen molar-refractivity contribution < 1.29 is 9.21 Å². The Morgan fingerprint density at radius 3 is 2.83 bits per heavy atom. The fourth-order valence-corrected chi connectivity index (χ4v) is 2.94. The zero-order valence-electron chi connectivity index (χ0n) is 14.1. The summed E-state index contributed by atoms with van der Waals surface area (Å²) in [6.07, 6.45) is 9.77. The third-order valence-corrected chi connectivity index (χ3v) is 4.39. The molecule has 1 aliphatic rings. The molecular formula is C18H24N4O2. The number of imidazole rings is 1. The van der Waals surface area contributed by atoms with Crippen LogP contribution < -0.4 is 0 Å². The van der Waals surface area contributed by atoms with E-state index in [2.05, 4.69) is 21.4 Å². The molecule has 1 aliphatic heterocycles. The molecule has 6 heteroatoms. The minimum atomic E-state index is 0.0499. The molecule has 0 aromatic carbocycles. The van der Waals surface area contributed by atoms with Gasteiger partial charge in [0.15, 0.2) is 0 Å². The van der Waals surface area contributed by atoms with E-state index in [0.717, 1.165) is 51.5 Å². The van der Waals surface area contributed by atoms with Crippen LogP contribution in [0.2, 0.25) is 0 Å². The summed E-state index contributed by atoms with van der Waals surface area (Å²) in [5.41, 5.74) is 0. The average Bonchev–Trinajstić information content (AvgIpc) is 3.29. The molecule has 6 nitrogen and oxygen atoms in total. The van der Waals surface area contributed by atoms with E-state index in [1.54, 1.807) is 18.4 Å². The van der Waals surface area contributed by atoms with Gasteiger partial charge in [0.2, 0.25) is 5.91 Å². The Morgan fingerprint density at radius 1 is 1.29 bits per heavy atom. The van der Waals surface area contributed by atoms with Gasteiger partial charge >= 0.3 is 0 Å². The van der Waals surface area contributed by atoms with E-state index in [-0.39, 0.29) is 5.91 Å². The molecule has 1 fully saturated rings. The smallest absolute Gasteiger partial charge is 0.246 e. The first-order valence-corrected chi connectivity index (χ1v) is 8.49. The van der Waals surface area contributed by atoms with Crippen LogP contribution in [0.1, 0.15) is 18.5 Å². The summed E-state index contributed by atoms with van der Waals surface area (Å²) in [5, 5.41) is 0. The fraction of sp³-hybridized carbons (Fsp3) is 0.444. The average molecular weight is 328 g/mol. The molecule has 1 saturated heterocycles. The summed E-state index contributed by atoms with van der Waals surface area (Å²) >= 11 is 0. The van der Waals surface area contributed by atoms with Crippen molar-refractivity contribution in [1.29, 1.82) is 0 Å². The maximum atomic E-state index is 12.2. The largest absolute Gasteiger partial charge is 0.465 e. The third kappa shape index (κ3) is 4.14. The molecule has 2 aromatic rings. The molecule has 0 atom stereocenters. The highest BCUT2D eigenvalue weighted by Crippen LogP contribution is 2.07. The Morgan fingerprint density at radius 2 is 2.12 bits per heavy atom. The van der Waals surface area contributed by atoms with Crippen LogP contribution in [0.25, 0.3) is 6.08 Å². The highest BCUT2D eigenvalue weighted by molar-refractivity contribution is 5.91. The van der Waals surface area contributed by atoms with Crippen molar-refractivity contribution in [2.24, 2.45) is 0 Å². The van der Waals surface area contributed by atoms with E-state index >= 15 is 0 Å². The third-order valence-electron chi connectivity index (χ3n) is 4.39. The maximum Gasteiger partial charge on any atom is 0.246 e. The van der Waals surface area contributed by atoms with Crippen LogP contribution in [0, 0.1) is 0 Å².